The number of hydrogen-bond acceptors (Lipinski definition) is 5. The number of alkyl halides is 3. The summed E-state index contributed by atoms with van der Waals surface area (Å²) in [5.74, 6) is -1.95. The molecule has 0 bridgehead atoms. The number of carbonyl (C=O) groups is 2. The molecular weight excluding hydrogens is 329 g/mol. The SMILES string of the molecule is O=C1[C@H]2[C@H](ON3CCOC[C@@H]23)C(=O)N1c1cccc(C(F)(F)F)c1. The van der Waals surface area contributed by atoms with Gasteiger partial charge in [0.1, 0.15) is 0 Å². The molecule has 3 aliphatic rings. The molecule has 9 heteroatoms. The minimum absolute atomic E-state index is 0.0962. The highest BCUT2D eigenvalue weighted by atomic mass is 19.4. The molecule has 2 amide bonds. The van der Waals surface area contributed by atoms with Crippen LogP contribution in [0.4, 0.5) is 18.9 Å². The lowest BCUT2D eigenvalue weighted by Gasteiger charge is -2.30. The van der Waals surface area contributed by atoms with Gasteiger partial charge < -0.3 is 4.74 Å². The number of hydrogen-bond donors (Lipinski definition) is 0. The molecule has 128 valence electrons. The summed E-state index contributed by atoms with van der Waals surface area (Å²) in [6.45, 7) is 1.13. The Balaban J connectivity index is 1.67. The highest BCUT2D eigenvalue weighted by Gasteiger charge is 2.60. The first-order valence-electron chi connectivity index (χ1n) is 7.44. The zero-order valence-corrected chi connectivity index (χ0v) is 12.3. The second kappa shape index (κ2) is 5.27. The van der Waals surface area contributed by atoms with Crippen molar-refractivity contribution in [3.63, 3.8) is 0 Å². The summed E-state index contributed by atoms with van der Waals surface area (Å²) in [5, 5.41) is 1.57. The van der Waals surface area contributed by atoms with Crippen molar-refractivity contribution in [1.82, 2.24) is 5.06 Å². The number of amides is 2. The molecule has 4 rings (SSSR count). The fourth-order valence-corrected chi connectivity index (χ4v) is 3.39. The van der Waals surface area contributed by atoms with Gasteiger partial charge in [0.05, 0.1) is 36.4 Å². The molecule has 3 atom stereocenters. The molecular formula is C15H13F3N2O4. The van der Waals surface area contributed by atoms with Crippen molar-refractivity contribution in [2.75, 3.05) is 24.7 Å². The quantitative estimate of drug-likeness (QED) is 0.718. The van der Waals surface area contributed by atoms with Crippen LogP contribution in [0.15, 0.2) is 24.3 Å². The van der Waals surface area contributed by atoms with E-state index in [0.717, 1.165) is 17.0 Å². The van der Waals surface area contributed by atoms with Gasteiger partial charge in [0.2, 0.25) is 5.91 Å². The second-order valence-electron chi connectivity index (χ2n) is 5.89. The van der Waals surface area contributed by atoms with Gasteiger partial charge in [0, 0.05) is 6.54 Å². The minimum atomic E-state index is -4.55. The van der Waals surface area contributed by atoms with E-state index < -0.39 is 41.6 Å². The molecule has 0 aliphatic carbocycles. The lowest BCUT2D eigenvalue weighted by Crippen LogP contribution is -2.46. The Kier molecular flexibility index (Phi) is 3.41. The number of morpholine rings is 1. The van der Waals surface area contributed by atoms with Crippen molar-refractivity contribution in [3.05, 3.63) is 29.8 Å². The summed E-state index contributed by atoms with van der Waals surface area (Å²) >= 11 is 0. The van der Waals surface area contributed by atoms with Gasteiger partial charge in [-0.2, -0.15) is 18.2 Å². The number of ether oxygens (including phenoxy) is 1. The van der Waals surface area contributed by atoms with Gasteiger partial charge in [-0.05, 0) is 18.2 Å². The Morgan fingerprint density at radius 2 is 1.96 bits per heavy atom. The summed E-state index contributed by atoms with van der Waals surface area (Å²) < 4.78 is 43.9. The average Bonchev–Trinajstić information content (AvgIpc) is 3.03. The Morgan fingerprint density at radius 1 is 1.17 bits per heavy atom. The predicted octanol–water partition coefficient (Wildman–Crippen LogP) is 1.21. The maximum Gasteiger partial charge on any atom is 0.416 e. The molecule has 6 nitrogen and oxygen atoms in total. The number of hydroxylamine groups is 2. The van der Waals surface area contributed by atoms with Crippen LogP contribution in [0.25, 0.3) is 0 Å². The summed E-state index contributed by atoms with van der Waals surface area (Å²) in [6.07, 6.45) is -5.55. The van der Waals surface area contributed by atoms with E-state index >= 15 is 0 Å². The zero-order chi connectivity index (χ0) is 17.1. The van der Waals surface area contributed by atoms with Crippen LogP contribution in [0.2, 0.25) is 0 Å². The van der Waals surface area contributed by atoms with E-state index in [1.807, 2.05) is 0 Å². The van der Waals surface area contributed by atoms with Crippen LogP contribution in [0.5, 0.6) is 0 Å². The molecule has 3 heterocycles. The number of carbonyl (C=O) groups excluding carboxylic acids is 2. The Bertz CT molecular complexity index is 708. The normalized spacial score (nSPS) is 30.6. The molecule has 24 heavy (non-hydrogen) atoms. The molecule has 3 fully saturated rings. The Morgan fingerprint density at radius 3 is 2.71 bits per heavy atom. The third-order valence-corrected chi connectivity index (χ3v) is 4.51. The summed E-state index contributed by atoms with van der Waals surface area (Å²) in [5.41, 5.74) is -1.01. The fourth-order valence-electron chi connectivity index (χ4n) is 3.39. The van der Waals surface area contributed by atoms with E-state index in [1.165, 1.54) is 12.1 Å². The summed E-state index contributed by atoms with van der Waals surface area (Å²) in [4.78, 5) is 31.5. The highest BCUT2D eigenvalue weighted by Crippen LogP contribution is 2.40. The number of anilines is 1. The monoisotopic (exact) mass is 342 g/mol. The van der Waals surface area contributed by atoms with Gasteiger partial charge >= 0.3 is 6.18 Å². The Labute approximate surface area is 134 Å². The first-order chi connectivity index (χ1) is 11.4. The highest BCUT2D eigenvalue weighted by molar-refractivity contribution is 6.23. The zero-order valence-electron chi connectivity index (χ0n) is 12.3. The summed E-state index contributed by atoms with van der Waals surface area (Å²) in [6, 6.07) is 3.77. The molecule has 0 unspecified atom stereocenters. The van der Waals surface area contributed by atoms with Gasteiger partial charge in [0.15, 0.2) is 6.10 Å². The fraction of sp³-hybridized carbons (Fsp3) is 0.467. The lowest BCUT2D eigenvalue weighted by atomic mass is 9.97. The third kappa shape index (κ3) is 2.23. The third-order valence-electron chi connectivity index (χ3n) is 4.51. The Hall–Kier alpha value is -1.97. The van der Waals surface area contributed by atoms with Crippen LogP contribution in [0, 0.1) is 5.92 Å². The van der Waals surface area contributed by atoms with E-state index in [9.17, 15) is 22.8 Å². The molecule has 3 aliphatic heterocycles. The van der Waals surface area contributed by atoms with E-state index in [2.05, 4.69) is 0 Å². The number of nitrogens with zero attached hydrogens (tertiary/aromatic N) is 2. The predicted molar refractivity (Wildman–Crippen MR) is 73.6 cm³/mol. The molecule has 0 aromatic heterocycles. The van der Waals surface area contributed by atoms with E-state index in [4.69, 9.17) is 9.57 Å². The minimum Gasteiger partial charge on any atom is -0.378 e. The maximum absolute atomic E-state index is 12.9. The van der Waals surface area contributed by atoms with E-state index in [1.54, 1.807) is 5.06 Å². The van der Waals surface area contributed by atoms with Crippen molar-refractivity contribution >= 4 is 17.5 Å². The van der Waals surface area contributed by atoms with Crippen LogP contribution >= 0.6 is 0 Å². The van der Waals surface area contributed by atoms with Crippen molar-refractivity contribution in [2.24, 2.45) is 5.92 Å². The lowest BCUT2D eigenvalue weighted by molar-refractivity contribution is -0.197. The van der Waals surface area contributed by atoms with Crippen LogP contribution in [-0.4, -0.2) is 48.8 Å². The van der Waals surface area contributed by atoms with Crippen molar-refractivity contribution < 1.29 is 32.3 Å². The van der Waals surface area contributed by atoms with E-state index in [0.29, 0.717) is 13.2 Å². The molecule has 0 spiro atoms. The number of fused-ring (bicyclic) bond motifs is 3. The van der Waals surface area contributed by atoms with Crippen molar-refractivity contribution in [1.29, 1.82) is 0 Å². The number of halogens is 3. The first kappa shape index (κ1) is 15.6. The van der Waals surface area contributed by atoms with Crippen LogP contribution in [0.3, 0.4) is 0 Å². The largest absolute Gasteiger partial charge is 0.416 e. The van der Waals surface area contributed by atoms with Crippen molar-refractivity contribution in [2.45, 2.75) is 18.3 Å². The van der Waals surface area contributed by atoms with Gasteiger partial charge in [-0.15, -0.1) is 0 Å². The van der Waals surface area contributed by atoms with Gasteiger partial charge in [-0.25, -0.2) is 4.90 Å². The molecule has 1 aromatic rings. The standard InChI is InChI=1S/C15H13F3N2O4/c16-15(17,18)8-2-1-3-9(6-8)20-13(21)11-10-7-23-5-4-19(10)24-12(11)14(20)22/h1-3,6,10-12H,4-5,7H2/t10-,11+,12-/m0/s1. The van der Waals surface area contributed by atoms with E-state index in [-0.39, 0.29) is 12.3 Å². The van der Waals surface area contributed by atoms with Crippen LogP contribution in [0.1, 0.15) is 5.56 Å². The second-order valence-corrected chi connectivity index (χ2v) is 5.89. The van der Waals surface area contributed by atoms with Crippen LogP contribution in [-0.2, 0) is 25.3 Å². The van der Waals surface area contributed by atoms with Crippen LogP contribution < -0.4 is 4.90 Å². The maximum atomic E-state index is 12.9. The van der Waals surface area contributed by atoms with Gasteiger partial charge in [0.25, 0.3) is 5.91 Å². The molecule has 0 saturated carbocycles. The van der Waals surface area contributed by atoms with Gasteiger partial charge in [-0.3, -0.25) is 14.4 Å². The van der Waals surface area contributed by atoms with Crippen molar-refractivity contribution in [3.8, 4) is 0 Å². The molecule has 1 aromatic carbocycles. The molecule has 0 radical (unpaired) electrons. The number of imide groups is 1. The molecule has 0 N–H and O–H groups in total. The first-order valence-corrected chi connectivity index (χ1v) is 7.44. The summed E-state index contributed by atoms with van der Waals surface area (Å²) in [7, 11) is 0. The van der Waals surface area contributed by atoms with Gasteiger partial charge in [-0.1, -0.05) is 6.07 Å². The number of rotatable bonds is 1. The molecule has 3 saturated heterocycles. The smallest absolute Gasteiger partial charge is 0.378 e. The topological polar surface area (TPSA) is 59.1 Å². The number of benzene rings is 1. The average molecular weight is 342 g/mol.